The van der Waals surface area contributed by atoms with Crippen molar-refractivity contribution in [1.82, 2.24) is 25.1 Å². The van der Waals surface area contributed by atoms with Crippen LogP contribution in [0.4, 0.5) is 28.9 Å². The molecule has 0 fully saturated rings. The summed E-state index contributed by atoms with van der Waals surface area (Å²) in [5.41, 5.74) is 7.20. The van der Waals surface area contributed by atoms with Crippen molar-refractivity contribution in [3.8, 4) is 11.8 Å². The monoisotopic (exact) mass is 568 g/mol. The standard InChI is InChI=1S/C27H24F4N8O2/c1-14-9-15(12-32)10-18(24(40)34-2)22(14)37-25(41)21-11-16(38-39(21)23-19(28)7-4-8-20(23)33)5-3-6-17-13-35-26(36-17)27(29,30)31/h4,7-11,13H,3,5-6,33H2,1-2H3,(H,34,40)(H,35,36)(H,37,41). The number of nitrogen functional groups attached to an aromatic ring is 1. The molecule has 2 aromatic heterocycles. The second-order valence-electron chi connectivity index (χ2n) is 9.08. The highest BCUT2D eigenvalue weighted by molar-refractivity contribution is 6.09. The zero-order valence-corrected chi connectivity index (χ0v) is 21.9. The van der Waals surface area contributed by atoms with Gasteiger partial charge in [-0.15, -0.1) is 0 Å². The summed E-state index contributed by atoms with van der Waals surface area (Å²) >= 11 is 0. The molecule has 2 aromatic carbocycles. The number of amides is 2. The molecule has 5 N–H and O–H groups in total. The highest BCUT2D eigenvalue weighted by Gasteiger charge is 2.34. The van der Waals surface area contributed by atoms with Crippen molar-refractivity contribution in [2.45, 2.75) is 32.4 Å². The molecular formula is C27H24F4N8O2. The lowest BCUT2D eigenvalue weighted by atomic mass is 10.0. The van der Waals surface area contributed by atoms with E-state index in [1.165, 1.54) is 37.4 Å². The van der Waals surface area contributed by atoms with Crippen LogP contribution in [0.1, 0.15) is 55.6 Å². The zero-order chi connectivity index (χ0) is 29.9. The first kappa shape index (κ1) is 28.8. The van der Waals surface area contributed by atoms with Gasteiger partial charge in [-0.25, -0.2) is 14.1 Å². The maximum atomic E-state index is 14.9. The van der Waals surface area contributed by atoms with Crippen molar-refractivity contribution in [2.75, 3.05) is 18.1 Å². The number of alkyl halides is 3. The van der Waals surface area contributed by atoms with Crippen LogP contribution in [0.2, 0.25) is 0 Å². The lowest BCUT2D eigenvalue weighted by Crippen LogP contribution is -2.24. The van der Waals surface area contributed by atoms with Gasteiger partial charge >= 0.3 is 6.18 Å². The van der Waals surface area contributed by atoms with Gasteiger partial charge in [0, 0.05) is 18.9 Å². The Morgan fingerprint density at radius 2 is 1.93 bits per heavy atom. The number of aryl methyl sites for hydroxylation is 3. The first-order chi connectivity index (χ1) is 19.4. The normalized spacial score (nSPS) is 11.2. The van der Waals surface area contributed by atoms with Crippen molar-refractivity contribution in [2.24, 2.45) is 0 Å². The van der Waals surface area contributed by atoms with E-state index in [-0.39, 0.29) is 52.4 Å². The molecule has 0 unspecified atom stereocenters. The summed E-state index contributed by atoms with van der Waals surface area (Å²) in [6, 6.07) is 10.2. The number of anilines is 2. The maximum absolute atomic E-state index is 14.9. The van der Waals surface area contributed by atoms with E-state index in [9.17, 15) is 32.4 Å². The lowest BCUT2D eigenvalue weighted by molar-refractivity contribution is -0.144. The van der Waals surface area contributed by atoms with Gasteiger partial charge in [0.2, 0.25) is 5.82 Å². The fraction of sp³-hybridized carbons (Fsp3) is 0.222. The Labute approximate surface area is 231 Å². The van der Waals surface area contributed by atoms with Crippen molar-refractivity contribution < 1.29 is 27.2 Å². The van der Waals surface area contributed by atoms with Crippen LogP contribution in [0.3, 0.4) is 0 Å². The molecule has 0 saturated heterocycles. The quantitative estimate of drug-likeness (QED) is 0.184. The Morgan fingerprint density at radius 1 is 1.17 bits per heavy atom. The largest absolute Gasteiger partial charge is 0.449 e. The minimum atomic E-state index is -4.59. The fourth-order valence-electron chi connectivity index (χ4n) is 4.24. The molecule has 0 radical (unpaired) electrons. The van der Waals surface area contributed by atoms with Gasteiger partial charge in [0.15, 0.2) is 5.82 Å². The molecule has 0 aliphatic rings. The molecule has 2 amide bonds. The van der Waals surface area contributed by atoms with Crippen LogP contribution < -0.4 is 16.4 Å². The maximum Gasteiger partial charge on any atom is 0.449 e. The molecular weight excluding hydrogens is 544 g/mol. The van der Waals surface area contributed by atoms with E-state index in [0.29, 0.717) is 17.7 Å². The summed E-state index contributed by atoms with van der Waals surface area (Å²) in [4.78, 5) is 31.6. The number of hydrogen-bond acceptors (Lipinski definition) is 6. The predicted molar refractivity (Wildman–Crippen MR) is 141 cm³/mol. The second-order valence-corrected chi connectivity index (χ2v) is 9.08. The number of nitrogens with one attached hydrogen (secondary N) is 3. The number of nitrogens with two attached hydrogens (primary N) is 1. The molecule has 0 saturated carbocycles. The van der Waals surface area contributed by atoms with Gasteiger partial charge in [0.1, 0.15) is 11.4 Å². The molecule has 0 aliphatic carbocycles. The van der Waals surface area contributed by atoms with E-state index in [1.54, 1.807) is 6.92 Å². The third-order valence-corrected chi connectivity index (χ3v) is 6.17. The molecule has 4 rings (SSSR count). The number of hydrogen-bond donors (Lipinski definition) is 4. The van der Waals surface area contributed by atoms with Gasteiger partial charge < -0.3 is 21.4 Å². The van der Waals surface area contributed by atoms with Gasteiger partial charge in [-0.1, -0.05) is 6.07 Å². The number of rotatable bonds is 8. The highest BCUT2D eigenvalue weighted by atomic mass is 19.4. The Balaban J connectivity index is 1.67. The number of benzene rings is 2. The molecule has 10 nitrogen and oxygen atoms in total. The Bertz CT molecular complexity index is 1650. The van der Waals surface area contributed by atoms with Gasteiger partial charge in [-0.3, -0.25) is 9.59 Å². The van der Waals surface area contributed by atoms with Gasteiger partial charge in [-0.05, 0) is 62.1 Å². The topological polar surface area (TPSA) is 155 Å². The SMILES string of the molecule is CNC(=O)c1cc(C#N)cc(C)c1NC(=O)c1cc(CCCc2cnc(C(F)(F)F)[nH]2)nn1-c1c(N)cccc1F. The van der Waals surface area contributed by atoms with Crippen LogP contribution in [-0.2, 0) is 19.0 Å². The van der Waals surface area contributed by atoms with Crippen molar-refractivity contribution >= 4 is 23.2 Å². The third-order valence-electron chi connectivity index (χ3n) is 6.17. The number of halogens is 4. The number of para-hydroxylation sites is 1. The number of carbonyl (C=O) groups is 2. The number of imidazole rings is 1. The van der Waals surface area contributed by atoms with Crippen LogP contribution >= 0.6 is 0 Å². The number of H-pyrrole nitrogens is 1. The molecule has 0 spiro atoms. The van der Waals surface area contributed by atoms with Crippen LogP contribution in [0.5, 0.6) is 0 Å². The number of nitriles is 1. The summed E-state index contributed by atoms with van der Waals surface area (Å²) in [5, 5.41) is 18.8. The molecule has 41 heavy (non-hydrogen) atoms. The van der Waals surface area contributed by atoms with Crippen LogP contribution in [0.15, 0.2) is 42.6 Å². The number of aromatic amines is 1. The summed E-state index contributed by atoms with van der Waals surface area (Å²) in [7, 11) is 1.40. The summed E-state index contributed by atoms with van der Waals surface area (Å²) in [6.45, 7) is 1.61. The molecule has 0 aliphatic heterocycles. The number of aromatic nitrogens is 4. The molecule has 14 heteroatoms. The molecule has 4 aromatic rings. The summed E-state index contributed by atoms with van der Waals surface area (Å²) < 4.78 is 54.4. The van der Waals surface area contributed by atoms with E-state index in [2.05, 4.69) is 25.7 Å². The smallest absolute Gasteiger partial charge is 0.397 e. The van der Waals surface area contributed by atoms with Gasteiger partial charge in [0.25, 0.3) is 11.8 Å². The van der Waals surface area contributed by atoms with Crippen LogP contribution in [-0.4, -0.2) is 38.6 Å². The predicted octanol–water partition coefficient (Wildman–Crippen LogP) is 4.30. The van der Waals surface area contributed by atoms with Crippen molar-refractivity contribution in [3.05, 3.63) is 88.0 Å². The second kappa shape index (κ2) is 11.5. The third kappa shape index (κ3) is 6.19. The van der Waals surface area contributed by atoms with E-state index >= 15 is 0 Å². The number of nitrogens with zero attached hydrogens (tertiary/aromatic N) is 4. The Hall–Kier alpha value is -5.19. The first-order valence-electron chi connectivity index (χ1n) is 12.3. The molecule has 212 valence electrons. The summed E-state index contributed by atoms with van der Waals surface area (Å²) in [6.07, 6.45) is -2.73. The highest BCUT2D eigenvalue weighted by Crippen LogP contribution is 2.28. The van der Waals surface area contributed by atoms with Crippen LogP contribution in [0.25, 0.3) is 5.69 Å². The minimum absolute atomic E-state index is 0.00597. The Kier molecular flexibility index (Phi) is 8.08. The van der Waals surface area contributed by atoms with E-state index < -0.39 is 29.6 Å². The fourth-order valence-corrected chi connectivity index (χ4v) is 4.24. The molecule has 0 atom stereocenters. The lowest BCUT2D eigenvalue weighted by Gasteiger charge is -2.15. The molecule has 0 bridgehead atoms. The van der Waals surface area contributed by atoms with Crippen molar-refractivity contribution in [3.63, 3.8) is 0 Å². The van der Waals surface area contributed by atoms with Gasteiger partial charge in [-0.2, -0.15) is 23.5 Å². The minimum Gasteiger partial charge on any atom is -0.397 e. The number of carbonyl (C=O) groups excluding carboxylic acids is 2. The van der Waals surface area contributed by atoms with Gasteiger partial charge in [0.05, 0.1) is 34.3 Å². The van der Waals surface area contributed by atoms with Crippen LogP contribution in [0, 0.1) is 24.1 Å². The Morgan fingerprint density at radius 3 is 2.56 bits per heavy atom. The molecule has 2 heterocycles. The average Bonchev–Trinajstić information content (AvgIpc) is 3.57. The first-order valence-corrected chi connectivity index (χ1v) is 12.3. The average molecular weight is 569 g/mol. The van der Waals surface area contributed by atoms with E-state index in [4.69, 9.17) is 5.73 Å². The van der Waals surface area contributed by atoms with E-state index in [1.807, 2.05) is 6.07 Å². The van der Waals surface area contributed by atoms with Crippen molar-refractivity contribution in [1.29, 1.82) is 5.26 Å². The zero-order valence-electron chi connectivity index (χ0n) is 21.9. The van der Waals surface area contributed by atoms with E-state index in [0.717, 1.165) is 16.9 Å². The summed E-state index contributed by atoms with van der Waals surface area (Å²) in [5.74, 6) is -3.13.